The first-order valence-corrected chi connectivity index (χ1v) is 11.9. The average molecular weight is 415 g/mol. The van der Waals surface area contributed by atoms with Gasteiger partial charge < -0.3 is 15.3 Å². The number of aliphatic hydroxyl groups is 3. The Hall–Kier alpha value is -1.16. The van der Waals surface area contributed by atoms with Crippen LogP contribution >= 0.6 is 0 Å². The summed E-state index contributed by atoms with van der Waals surface area (Å²) < 4.78 is 0. The van der Waals surface area contributed by atoms with Crippen LogP contribution in [0, 0.1) is 17.3 Å². The van der Waals surface area contributed by atoms with E-state index in [0.29, 0.717) is 24.7 Å². The highest BCUT2D eigenvalue weighted by atomic mass is 16.3. The molecule has 2 fully saturated rings. The predicted octanol–water partition coefficient (Wildman–Crippen LogP) is 5.62. The van der Waals surface area contributed by atoms with Crippen LogP contribution in [0.3, 0.4) is 0 Å². The number of allylic oxidation sites excluding steroid dienone is 5. The standard InChI is InChI=1S/C27H42O3/c1-18(8-6-14-26(3,4)30)23-12-13-24-20(9-7-15-27(23,24)5)10-11-21-16-22(28)17-25(29)19(21)2/h10-12,18,22,24-25,28-30H,2,6-9,13-17H2,1,3-5H3/b20-10+,21-11-/t18-,22+,24?,25-,27+/m0/s1. The Bertz CT molecular complexity index is 736. The zero-order valence-corrected chi connectivity index (χ0v) is 19.5. The van der Waals surface area contributed by atoms with Gasteiger partial charge in [-0.25, -0.2) is 0 Å². The summed E-state index contributed by atoms with van der Waals surface area (Å²) in [4.78, 5) is 0. The zero-order chi connectivity index (χ0) is 22.1. The maximum Gasteiger partial charge on any atom is 0.0811 e. The molecule has 3 rings (SSSR count). The lowest BCUT2D eigenvalue weighted by atomic mass is 9.62. The maximum absolute atomic E-state index is 10.1. The molecule has 3 aliphatic rings. The average Bonchev–Trinajstić information content (AvgIpc) is 3.00. The summed E-state index contributed by atoms with van der Waals surface area (Å²) in [6.07, 6.45) is 14.5. The second kappa shape index (κ2) is 9.14. The molecule has 3 heteroatoms. The van der Waals surface area contributed by atoms with Crippen LogP contribution < -0.4 is 0 Å². The van der Waals surface area contributed by atoms with E-state index >= 15 is 0 Å². The van der Waals surface area contributed by atoms with Crippen LogP contribution in [0.2, 0.25) is 0 Å². The second-order valence-electron chi connectivity index (χ2n) is 10.9. The van der Waals surface area contributed by atoms with Crippen molar-refractivity contribution in [2.24, 2.45) is 17.3 Å². The summed E-state index contributed by atoms with van der Waals surface area (Å²) in [5, 5.41) is 30.2. The topological polar surface area (TPSA) is 60.7 Å². The monoisotopic (exact) mass is 414 g/mol. The summed E-state index contributed by atoms with van der Waals surface area (Å²) in [7, 11) is 0. The van der Waals surface area contributed by atoms with Gasteiger partial charge in [-0.3, -0.25) is 0 Å². The van der Waals surface area contributed by atoms with Crippen LogP contribution in [-0.4, -0.2) is 33.1 Å². The van der Waals surface area contributed by atoms with Crippen LogP contribution in [-0.2, 0) is 0 Å². The summed E-state index contributed by atoms with van der Waals surface area (Å²) in [5.74, 6) is 1.12. The van der Waals surface area contributed by atoms with Crippen LogP contribution in [0.25, 0.3) is 0 Å². The minimum Gasteiger partial charge on any atom is -0.393 e. The molecular weight excluding hydrogens is 372 g/mol. The highest BCUT2D eigenvalue weighted by Crippen LogP contribution is 2.57. The molecule has 0 spiro atoms. The summed E-state index contributed by atoms with van der Waals surface area (Å²) >= 11 is 0. The first-order valence-electron chi connectivity index (χ1n) is 11.9. The molecule has 0 aliphatic heterocycles. The molecular formula is C27H42O3. The Kier molecular flexibility index (Phi) is 7.16. The lowest BCUT2D eigenvalue weighted by molar-refractivity contribution is 0.0670. The van der Waals surface area contributed by atoms with Gasteiger partial charge in [0, 0.05) is 6.42 Å². The normalized spacial score (nSPS) is 36.2. The maximum atomic E-state index is 10.1. The summed E-state index contributed by atoms with van der Waals surface area (Å²) in [5.41, 5.74) is 4.55. The number of aliphatic hydroxyl groups excluding tert-OH is 2. The van der Waals surface area contributed by atoms with Gasteiger partial charge in [0.15, 0.2) is 0 Å². The van der Waals surface area contributed by atoms with Crippen LogP contribution in [0.15, 0.2) is 47.1 Å². The van der Waals surface area contributed by atoms with E-state index in [0.717, 1.165) is 43.3 Å². The van der Waals surface area contributed by atoms with Crippen LogP contribution in [0.4, 0.5) is 0 Å². The largest absolute Gasteiger partial charge is 0.393 e. The third kappa shape index (κ3) is 5.18. The molecule has 0 aromatic heterocycles. The van der Waals surface area contributed by atoms with E-state index in [-0.39, 0.29) is 5.41 Å². The van der Waals surface area contributed by atoms with E-state index in [4.69, 9.17) is 0 Å². The van der Waals surface area contributed by atoms with Crippen molar-refractivity contribution in [3.05, 3.63) is 47.1 Å². The number of hydrogen-bond acceptors (Lipinski definition) is 3. The Balaban J connectivity index is 1.71. The lowest BCUT2D eigenvalue weighted by Gasteiger charge is -2.42. The van der Waals surface area contributed by atoms with E-state index in [9.17, 15) is 15.3 Å². The summed E-state index contributed by atoms with van der Waals surface area (Å²) in [6, 6.07) is 0. The predicted molar refractivity (Wildman–Crippen MR) is 124 cm³/mol. The van der Waals surface area contributed by atoms with Gasteiger partial charge in [0.25, 0.3) is 0 Å². The first-order chi connectivity index (χ1) is 14.0. The van der Waals surface area contributed by atoms with Crippen molar-refractivity contribution in [1.82, 2.24) is 0 Å². The Morgan fingerprint density at radius 1 is 1.30 bits per heavy atom. The van der Waals surface area contributed by atoms with Crippen molar-refractivity contribution in [3.63, 3.8) is 0 Å². The van der Waals surface area contributed by atoms with Gasteiger partial charge in [0.05, 0.1) is 17.8 Å². The highest BCUT2D eigenvalue weighted by Gasteiger charge is 2.45. The molecule has 30 heavy (non-hydrogen) atoms. The molecule has 0 heterocycles. The van der Waals surface area contributed by atoms with Crippen molar-refractivity contribution in [2.45, 2.75) is 103 Å². The van der Waals surface area contributed by atoms with Crippen LogP contribution in [0.1, 0.15) is 85.5 Å². The highest BCUT2D eigenvalue weighted by molar-refractivity contribution is 5.40. The van der Waals surface area contributed by atoms with Crippen molar-refractivity contribution in [3.8, 4) is 0 Å². The fraction of sp³-hybridized carbons (Fsp3) is 0.704. The molecule has 1 unspecified atom stereocenters. The Morgan fingerprint density at radius 3 is 2.73 bits per heavy atom. The molecule has 168 valence electrons. The fourth-order valence-electron chi connectivity index (χ4n) is 6.08. The Morgan fingerprint density at radius 2 is 2.03 bits per heavy atom. The quantitative estimate of drug-likeness (QED) is 0.494. The van der Waals surface area contributed by atoms with Crippen molar-refractivity contribution in [2.75, 3.05) is 0 Å². The molecule has 0 aromatic carbocycles. The number of fused-ring (bicyclic) bond motifs is 1. The third-order valence-corrected chi connectivity index (χ3v) is 7.83. The van der Waals surface area contributed by atoms with Gasteiger partial charge >= 0.3 is 0 Å². The number of rotatable bonds is 6. The van der Waals surface area contributed by atoms with Gasteiger partial charge in [0.1, 0.15) is 0 Å². The third-order valence-electron chi connectivity index (χ3n) is 7.83. The van der Waals surface area contributed by atoms with Crippen molar-refractivity contribution in [1.29, 1.82) is 0 Å². The molecule has 5 atom stereocenters. The van der Waals surface area contributed by atoms with E-state index < -0.39 is 17.8 Å². The molecule has 3 nitrogen and oxygen atoms in total. The Labute approximate surface area is 183 Å². The number of hydrogen-bond donors (Lipinski definition) is 3. The first kappa shape index (κ1) is 23.5. The molecule has 0 saturated heterocycles. The van der Waals surface area contributed by atoms with Crippen molar-refractivity contribution >= 4 is 0 Å². The van der Waals surface area contributed by atoms with Crippen LogP contribution in [0.5, 0.6) is 0 Å². The molecule has 0 amide bonds. The van der Waals surface area contributed by atoms with Crippen molar-refractivity contribution < 1.29 is 15.3 Å². The zero-order valence-electron chi connectivity index (χ0n) is 19.5. The van der Waals surface area contributed by atoms with Gasteiger partial charge in [-0.15, -0.1) is 0 Å². The van der Waals surface area contributed by atoms with Gasteiger partial charge in [-0.2, -0.15) is 0 Å². The van der Waals surface area contributed by atoms with E-state index in [2.05, 4.69) is 38.7 Å². The van der Waals surface area contributed by atoms with E-state index in [1.54, 1.807) is 5.57 Å². The minimum absolute atomic E-state index is 0.235. The van der Waals surface area contributed by atoms with E-state index in [1.807, 2.05) is 13.8 Å². The molecule has 0 bridgehead atoms. The molecule has 3 N–H and O–H groups in total. The van der Waals surface area contributed by atoms with E-state index in [1.165, 1.54) is 18.4 Å². The molecule has 0 radical (unpaired) electrons. The molecule has 2 saturated carbocycles. The summed E-state index contributed by atoms with van der Waals surface area (Å²) in [6.45, 7) is 12.7. The second-order valence-corrected chi connectivity index (χ2v) is 10.9. The minimum atomic E-state index is -0.625. The fourth-order valence-corrected chi connectivity index (χ4v) is 6.08. The smallest absolute Gasteiger partial charge is 0.0811 e. The molecule has 3 aliphatic carbocycles. The van der Waals surface area contributed by atoms with Gasteiger partial charge in [-0.05, 0) is 87.2 Å². The van der Waals surface area contributed by atoms with Gasteiger partial charge in [0.2, 0.25) is 0 Å². The SMILES string of the molecule is C=C1/C(=C\C=C2/CCC[C@]3(C)C([C@@H](C)CCCC(C)(C)O)=CCC23)C[C@@H](O)C[C@@H]1O. The molecule has 0 aromatic rings. The van der Waals surface area contributed by atoms with Gasteiger partial charge in [-0.1, -0.05) is 56.2 Å². The lowest BCUT2D eigenvalue weighted by Crippen LogP contribution is -2.32.